The van der Waals surface area contributed by atoms with Gasteiger partial charge in [0.2, 0.25) is 0 Å². The summed E-state index contributed by atoms with van der Waals surface area (Å²) >= 11 is 5.94. The zero-order valence-electron chi connectivity index (χ0n) is 14.1. The van der Waals surface area contributed by atoms with E-state index in [4.69, 9.17) is 22.1 Å². The second-order valence-electron chi connectivity index (χ2n) is 7.04. The number of nitrogens with two attached hydrogens (primary N) is 1. The Balaban J connectivity index is 2.73. The van der Waals surface area contributed by atoms with Crippen LogP contribution in [-0.4, -0.2) is 24.8 Å². The lowest BCUT2D eigenvalue weighted by atomic mass is 9.73. The summed E-state index contributed by atoms with van der Waals surface area (Å²) in [5.74, 6) is 0.0844. The molecule has 1 aromatic rings. The van der Waals surface area contributed by atoms with Gasteiger partial charge < -0.3 is 15.8 Å². The predicted molar refractivity (Wildman–Crippen MR) is 91.3 cm³/mol. The van der Waals surface area contributed by atoms with Crippen molar-refractivity contribution in [1.29, 1.82) is 0 Å². The Hall–Kier alpha value is -1.26. The maximum Gasteiger partial charge on any atom is 0.407 e. The Morgan fingerprint density at radius 3 is 2.23 bits per heavy atom. The van der Waals surface area contributed by atoms with E-state index >= 15 is 0 Å². The molecule has 1 unspecified atom stereocenters. The Morgan fingerprint density at radius 1 is 1.23 bits per heavy atom. The minimum absolute atomic E-state index is 0.0844. The maximum atomic E-state index is 11.8. The number of alkyl carbamates (subject to hydrolysis) is 1. The molecule has 0 aliphatic carbocycles. The number of amides is 1. The molecule has 4 nitrogen and oxygen atoms in total. The summed E-state index contributed by atoms with van der Waals surface area (Å²) in [6.07, 6.45) is -0.419. The van der Waals surface area contributed by atoms with Crippen LogP contribution in [0.5, 0.6) is 0 Å². The number of nitrogens with one attached hydrogen (secondary N) is 1. The Kier molecular flexibility index (Phi) is 6.27. The van der Waals surface area contributed by atoms with Gasteiger partial charge in [-0.15, -0.1) is 0 Å². The molecule has 1 amide bonds. The van der Waals surface area contributed by atoms with Gasteiger partial charge in [0.05, 0.1) is 0 Å². The molecule has 0 aliphatic heterocycles. The van der Waals surface area contributed by atoms with Crippen LogP contribution in [0.1, 0.15) is 40.2 Å². The molecule has 0 aliphatic rings. The molecule has 1 atom stereocenters. The van der Waals surface area contributed by atoms with Crippen LogP contribution < -0.4 is 11.1 Å². The molecule has 3 N–H and O–H groups in total. The molecule has 1 rings (SSSR count). The van der Waals surface area contributed by atoms with Gasteiger partial charge in [-0.2, -0.15) is 0 Å². The van der Waals surface area contributed by atoms with Gasteiger partial charge in [0.25, 0.3) is 0 Å². The molecule has 0 bridgehead atoms. The van der Waals surface area contributed by atoms with Gasteiger partial charge in [-0.1, -0.05) is 37.6 Å². The average Bonchev–Trinajstić information content (AvgIpc) is 2.37. The molecule has 0 saturated heterocycles. The van der Waals surface area contributed by atoms with Crippen molar-refractivity contribution in [3.05, 3.63) is 34.9 Å². The van der Waals surface area contributed by atoms with Crippen molar-refractivity contribution in [2.24, 2.45) is 11.7 Å². The Labute approximate surface area is 138 Å². The normalized spacial score (nSPS) is 13.6. The van der Waals surface area contributed by atoms with E-state index in [-0.39, 0.29) is 11.3 Å². The lowest BCUT2D eigenvalue weighted by Crippen LogP contribution is -2.44. The fourth-order valence-corrected chi connectivity index (χ4v) is 2.39. The first-order valence-corrected chi connectivity index (χ1v) is 7.87. The summed E-state index contributed by atoms with van der Waals surface area (Å²) in [6.45, 7) is 10.7. The molecular weight excluding hydrogens is 300 g/mol. The quantitative estimate of drug-likeness (QED) is 0.866. The SMILES string of the molecule is CC(C)(C)OC(=O)NCC(CN)C(C)(C)c1ccc(Cl)cc1. The predicted octanol–water partition coefficient (Wildman–Crippen LogP) is 3.72. The van der Waals surface area contributed by atoms with E-state index in [0.717, 1.165) is 5.56 Å². The third-order valence-electron chi connectivity index (χ3n) is 3.79. The van der Waals surface area contributed by atoms with Gasteiger partial charge >= 0.3 is 6.09 Å². The highest BCUT2D eigenvalue weighted by atomic mass is 35.5. The van der Waals surface area contributed by atoms with Gasteiger partial charge in [-0.05, 0) is 56.3 Å². The number of carbonyl (C=O) groups is 1. The molecule has 0 saturated carbocycles. The van der Waals surface area contributed by atoms with Crippen LogP contribution in [0.3, 0.4) is 0 Å². The van der Waals surface area contributed by atoms with E-state index < -0.39 is 11.7 Å². The summed E-state index contributed by atoms with van der Waals surface area (Å²) in [7, 11) is 0. The summed E-state index contributed by atoms with van der Waals surface area (Å²) in [4.78, 5) is 11.8. The smallest absolute Gasteiger partial charge is 0.407 e. The molecule has 1 aromatic carbocycles. The average molecular weight is 327 g/mol. The molecule has 0 radical (unpaired) electrons. The molecule has 124 valence electrons. The van der Waals surface area contributed by atoms with E-state index in [0.29, 0.717) is 18.1 Å². The monoisotopic (exact) mass is 326 g/mol. The van der Waals surface area contributed by atoms with Crippen LogP contribution in [0.2, 0.25) is 5.02 Å². The lowest BCUT2D eigenvalue weighted by molar-refractivity contribution is 0.0513. The van der Waals surface area contributed by atoms with Gasteiger partial charge in [0, 0.05) is 11.6 Å². The highest BCUT2D eigenvalue weighted by Crippen LogP contribution is 2.31. The summed E-state index contributed by atoms with van der Waals surface area (Å²) in [5, 5.41) is 3.51. The highest BCUT2D eigenvalue weighted by molar-refractivity contribution is 6.30. The van der Waals surface area contributed by atoms with E-state index in [1.54, 1.807) is 0 Å². The van der Waals surface area contributed by atoms with E-state index in [2.05, 4.69) is 19.2 Å². The van der Waals surface area contributed by atoms with Crippen molar-refractivity contribution >= 4 is 17.7 Å². The third kappa shape index (κ3) is 5.50. The molecular formula is C17H27ClN2O2. The van der Waals surface area contributed by atoms with Crippen LogP contribution in [0.15, 0.2) is 24.3 Å². The van der Waals surface area contributed by atoms with Crippen LogP contribution in [0.25, 0.3) is 0 Å². The maximum absolute atomic E-state index is 11.8. The largest absolute Gasteiger partial charge is 0.444 e. The summed E-state index contributed by atoms with van der Waals surface area (Å²) in [6, 6.07) is 7.73. The fraction of sp³-hybridized carbons (Fsp3) is 0.588. The summed E-state index contributed by atoms with van der Waals surface area (Å²) < 4.78 is 5.26. The van der Waals surface area contributed by atoms with Crippen molar-refractivity contribution < 1.29 is 9.53 Å². The van der Waals surface area contributed by atoms with Crippen molar-refractivity contribution in [2.45, 2.75) is 45.6 Å². The van der Waals surface area contributed by atoms with Crippen LogP contribution in [-0.2, 0) is 10.2 Å². The van der Waals surface area contributed by atoms with E-state index in [1.165, 1.54) is 0 Å². The molecule has 22 heavy (non-hydrogen) atoms. The van der Waals surface area contributed by atoms with Crippen molar-refractivity contribution in [3.63, 3.8) is 0 Å². The number of carbonyl (C=O) groups excluding carboxylic acids is 1. The van der Waals surface area contributed by atoms with Gasteiger partial charge in [0.15, 0.2) is 0 Å². The molecule has 0 spiro atoms. The first-order valence-electron chi connectivity index (χ1n) is 7.49. The second kappa shape index (κ2) is 7.34. The zero-order chi connectivity index (χ0) is 17.0. The van der Waals surface area contributed by atoms with Crippen LogP contribution in [0, 0.1) is 5.92 Å². The Bertz CT molecular complexity index is 492. The number of ether oxygens (including phenoxy) is 1. The number of halogens is 1. The lowest BCUT2D eigenvalue weighted by Gasteiger charge is -2.34. The van der Waals surface area contributed by atoms with E-state index in [9.17, 15) is 4.79 Å². The first-order chi connectivity index (χ1) is 10.1. The van der Waals surface area contributed by atoms with Crippen molar-refractivity contribution in [1.82, 2.24) is 5.32 Å². The van der Waals surface area contributed by atoms with Gasteiger partial charge in [-0.25, -0.2) is 4.79 Å². The van der Waals surface area contributed by atoms with Crippen molar-refractivity contribution in [3.8, 4) is 0 Å². The molecule has 0 heterocycles. The summed E-state index contributed by atoms with van der Waals surface area (Å²) in [5.41, 5.74) is 6.37. The minimum atomic E-state index is -0.506. The number of hydrogen-bond acceptors (Lipinski definition) is 3. The standard InChI is InChI=1S/C17H27ClN2O2/c1-16(2,3)22-15(21)20-11-13(10-19)17(4,5)12-6-8-14(18)9-7-12/h6-9,13H,10-11,19H2,1-5H3,(H,20,21). The highest BCUT2D eigenvalue weighted by Gasteiger charge is 2.31. The molecule has 5 heteroatoms. The first kappa shape index (κ1) is 18.8. The third-order valence-corrected chi connectivity index (χ3v) is 4.04. The number of rotatable bonds is 5. The molecule has 0 aromatic heterocycles. The topological polar surface area (TPSA) is 64.3 Å². The zero-order valence-corrected chi connectivity index (χ0v) is 14.8. The number of hydrogen-bond donors (Lipinski definition) is 2. The van der Waals surface area contributed by atoms with Crippen LogP contribution in [0.4, 0.5) is 4.79 Å². The van der Waals surface area contributed by atoms with Gasteiger partial charge in [-0.3, -0.25) is 0 Å². The fourth-order valence-electron chi connectivity index (χ4n) is 2.27. The number of benzene rings is 1. The Morgan fingerprint density at radius 2 is 1.77 bits per heavy atom. The minimum Gasteiger partial charge on any atom is -0.444 e. The van der Waals surface area contributed by atoms with E-state index in [1.807, 2.05) is 45.0 Å². The van der Waals surface area contributed by atoms with Crippen molar-refractivity contribution in [2.75, 3.05) is 13.1 Å². The van der Waals surface area contributed by atoms with Gasteiger partial charge in [0.1, 0.15) is 5.60 Å². The second-order valence-corrected chi connectivity index (χ2v) is 7.48. The molecule has 0 fully saturated rings. The van der Waals surface area contributed by atoms with Crippen LogP contribution >= 0.6 is 11.6 Å².